The normalized spacial score (nSPS) is 10.1. The molecule has 0 saturated heterocycles. The van der Waals surface area contributed by atoms with E-state index in [4.69, 9.17) is 11.2 Å². The molecule has 0 aliphatic carbocycles. The molecule has 0 unspecified atom stereocenters. The lowest BCUT2D eigenvalue weighted by atomic mass is 10.0. The van der Waals surface area contributed by atoms with Crippen LogP contribution in [-0.2, 0) is 11.2 Å². The first-order valence-electron chi connectivity index (χ1n) is 7.09. The predicted molar refractivity (Wildman–Crippen MR) is 85.3 cm³/mol. The number of hydrogen-bond acceptors (Lipinski definition) is 2. The molecule has 0 aromatic heterocycles. The number of nitrogens with one attached hydrogen (secondary N) is 1. The standard InChI is InChI=1S/C18H19NO2/c1-3-12-21-16-9-8-14-6-5-7-15(17(14)13-16)10-11-19-18(20)4-2/h1,5-9,13H,4,10-12H2,2H3,(H,19,20). The minimum Gasteiger partial charge on any atom is -0.481 e. The van der Waals surface area contributed by atoms with E-state index in [0.29, 0.717) is 13.0 Å². The lowest BCUT2D eigenvalue weighted by Gasteiger charge is -2.09. The molecule has 2 aromatic rings. The highest BCUT2D eigenvalue weighted by Crippen LogP contribution is 2.24. The Labute approximate surface area is 125 Å². The molecule has 2 aromatic carbocycles. The Morgan fingerprint density at radius 1 is 1.33 bits per heavy atom. The van der Waals surface area contributed by atoms with Gasteiger partial charge in [0.15, 0.2) is 0 Å². The van der Waals surface area contributed by atoms with E-state index in [1.807, 2.05) is 31.2 Å². The van der Waals surface area contributed by atoms with Crippen LogP contribution in [0.4, 0.5) is 0 Å². The third-order valence-electron chi connectivity index (χ3n) is 3.30. The van der Waals surface area contributed by atoms with Crippen LogP contribution in [0.2, 0.25) is 0 Å². The second-order valence-electron chi connectivity index (χ2n) is 4.75. The second kappa shape index (κ2) is 7.35. The summed E-state index contributed by atoms with van der Waals surface area (Å²) in [6, 6.07) is 12.1. The van der Waals surface area contributed by atoms with Crippen molar-refractivity contribution >= 4 is 16.7 Å². The Morgan fingerprint density at radius 2 is 2.19 bits per heavy atom. The average Bonchev–Trinajstić information content (AvgIpc) is 2.52. The average molecular weight is 281 g/mol. The monoisotopic (exact) mass is 281 g/mol. The van der Waals surface area contributed by atoms with E-state index >= 15 is 0 Å². The summed E-state index contributed by atoms with van der Waals surface area (Å²) in [5.41, 5.74) is 1.19. The fourth-order valence-electron chi connectivity index (χ4n) is 2.21. The van der Waals surface area contributed by atoms with Crippen molar-refractivity contribution in [1.29, 1.82) is 0 Å². The van der Waals surface area contributed by atoms with E-state index in [0.717, 1.165) is 22.9 Å². The zero-order valence-electron chi connectivity index (χ0n) is 12.2. The Morgan fingerprint density at radius 3 is 2.95 bits per heavy atom. The molecular formula is C18H19NO2. The molecule has 21 heavy (non-hydrogen) atoms. The van der Waals surface area contributed by atoms with Crippen LogP contribution < -0.4 is 10.1 Å². The number of terminal acetylenes is 1. The summed E-state index contributed by atoms with van der Waals surface area (Å²) < 4.78 is 5.47. The van der Waals surface area contributed by atoms with Gasteiger partial charge in [-0.25, -0.2) is 0 Å². The SMILES string of the molecule is C#CCOc1ccc2cccc(CCNC(=O)CC)c2c1. The fraction of sp³-hybridized carbons (Fsp3) is 0.278. The Balaban J connectivity index is 2.18. The van der Waals surface area contributed by atoms with Crippen LogP contribution >= 0.6 is 0 Å². The maximum Gasteiger partial charge on any atom is 0.219 e. The van der Waals surface area contributed by atoms with Gasteiger partial charge in [0.05, 0.1) is 0 Å². The molecule has 0 aliphatic heterocycles. The number of carbonyl (C=O) groups excluding carboxylic acids is 1. The van der Waals surface area contributed by atoms with Crippen molar-refractivity contribution in [3.63, 3.8) is 0 Å². The lowest BCUT2D eigenvalue weighted by molar-refractivity contribution is -0.120. The molecule has 3 nitrogen and oxygen atoms in total. The molecule has 2 rings (SSSR count). The zero-order valence-corrected chi connectivity index (χ0v) is 12.2. The summed E-state index contributed by atoms with van der Waals surface area (Å²) in [6.45, 7) is 2.75. The van der Waals surface area contributed by atoms with Gasteiger partial charge in [0, 0.05) is 13.0 Å². The Kier molecular flexibility index (Phi) is 5.22. The molecule has 0 saturated carbocycles. The Bertz CT molecular complexity index is 670. The van der Waals surface area contributed by atoms with Crippen LogP contribution in [0.1, 0.15) is 18.9 Å². The number of ether oxygens (including phenoxy) is 1. The minimum absolute atomic E-state index is 0.0771. The summed E-state index contributed by atoms with van der Waals surface area (Å²) in [5.74, 6) is 3.31. The first kappa shape index (κ1) is 14.9. The van der Waals surface area contributed by atoms with Crippen molar-refractivity contribution in [3.05, 3.63) is 42.0 Å². The van der Waals surface area contributed by atoms with E-state index in [9.17, 15) is 4.79 Å². The van der Waals surface area contributed by atoms with E-state index in [1.165, 1.54) is 5.56 Å². The summed E-state index contributed by atoms with van der Waals surface area (Å²) in [5, 5.41) is 5.19. The minimum atomic E-state index is 0.0771. The van der Waals surface area contributed by atoms with E-state index in [1.54, 1.807) is 0 Å². The van der Waals surface area contributed by atoms with E-state index in [2.05, 4.69) is 23.4 Å². The number of carbonyl (C=O) groups is 1. The second-order valence-corrected chi connectivity index (χ2v) is 4.75. The van der Waals surface area contributed by atoms with Gasteiger partial charge in [-0.2, -0.15) is 0 Å². The number of benzene rings is 2. The number of rotatable bonds is 6. The molecular weight excluding hydrogens is 262 g/mol. The topological polar surface area (TPSA) is 38.3 Å². The molecule has 0 fully saturated rings. The summed E-state index contributed by atoms with van der Waals surface area (Å²) in [7, 11) is 0. The van der Waals surface area contributed by atoms with Crippen molar-refractivity contribution in [3.8, 4) is 18.1 Å². The molecule has 108 valence electrons. The molecule has 0 atom stereocenters. The Hall–Kier alpha value is -2.47. The number of fused-ring (bicyclic) bond motifs is 1. The van der Waals surface area contributed by atoms with Crippen LogP contribution in [0, 0.1) is 12.3 Å². The number of amides is 1. The highest BCUT2D eigenvalue weighted by atomic mass is 16.5. The molecule has 0 heterocycles. The van der Waals surface area contributed by atoms with E-state index < -0.39 is 0 Å². The molecule has 1 amide bonds. The van der Waals surface area contributed by atoms with Crippen molar-refractivity contribution in [2.75, 3.05) is 13.2 Å². The summed E-state index contributed by atoms with van der Waals surface area (Å²) in [6.07, 6.45) is 6.52. The highest BCUT2D eigenvalue weighted by molar-refractivity contribution is 5.87. The van der Waals surface area contributed by atoms with Crippen molar-refractivity contribution < 1.29 is 9.53 Å². The van der Waals surface area contributed by atoms with Crippen molar-refractivity contribution in [2.24, 2.45) is 0 Å². The summed E-state index contributed by atoms with van der Waals surface area (Å²) in [4.78, 5) is 11.3. The van der Waals surface area contributed by atoms with Crippen LogP contribution in [0.5, 0.6) is 5.75 Å². The summed E-state index contributed by atoms with van der Waals surface area (Å²) >= 11 is 0. The first-order chi connectivity index (χ1) is 10.2. The molecule has 1 N–H and O–H groups in total. The van der Waals surface area contributed by atoms with Gasteiger partial charge in [-0.05, 0) is 34.9 Å². The van der Waals surface area contributed by atoms with Crippen LogP contribution in [0.3, 0.4) is 0 Å². The third kappa shape index (κ3) is 4.00. The van der Waals surface area contributed by atoms with E-state index in [-0.39, 0.29) is 12.5 Å². The van der Waals surface area contributed by atoms with Gasteiger partial charge >= 0.3 is 0 Å². The smallest absolute Gasteiger partial charge is 0.219 e. The van der Waals surface area contributed by atoms with Gasteiger partial charge in [-0.1, -0.05) is 37.1 Å². The quantitative estimate of drug-likeness (QED) is 0.827. The maximum absolute atomic E-state index is 11.3. The maximum atomic E-state index is 11.3. The van der Waals surface area contributed by atoms with Gasteiger partial charge in [-0.15, -0.1) is 6.42 Å². The van der Waals surface area contributed by atoms with Crippen molar-refractivity contribution in [1.82, 2.24) is 5.32 Å². The highest BCUT2D eigenvalue weighted by Gasteiger charge is 2.04. The zero-order chi connectivity index (χ0) is 15.1. The van der Waals surface area contributed by atoms with Gasteiger partial charge in [0.25, 0.3) is 0 Å². The number of hydrogen-bond donors (Lipinski definition) is 1. The molecule has 0 aliphatic rings. The largest absolute Gasteiger partial charge is 0.481 e. The molecule has 0 spiro atoms. The fourth-order valence-corrected chi connectivity index (χ4v) is 2.21. The van der Waals surface area contributed by atoms with Crippen molar-refractivity contribution in [2.45, 2.75) is 19.8 Å². The van der Waals surface area contributed by atoms with Crippen LogP contribution in [-0.4, -0.2) is 19.1 Å². The molecule has 0 bridgehead atoms. The van der Waals surface area contributed by atoms with Gasteiger partial charge < -0.3 is 10.1 Å². The van der Waals surface area contributed by atoms with Crippen LogP contribution in [0.25, 0.3) is 10.8 Å². The molecule has 0 radical (unpaired) electrons. The predicted octanol–water partition coefficient (Wildman–Crippen LogP) is 2.92. The van der Waals surface area contributed by atoms with Gasteiger partial charge in [0.2, 0.25) is 5.91 Å². The first-order valence-corrected chi connectivity index (χ1v) is 7.09. The van der Waals surface area contributed by atoms with Gasteiger partial charge in [0.1, 0.15) is 12.4 Å². The van der Waals surface area contributed by atoms with Gasteiger partial charge in [-0.3, -0.25) is 4.79 Å². The molecule has 3 heteroatoms. The van der Waals surface area contributed by atoms with Crippen LogP contribution in [0.15, 0.2) is 36.4 Å². The lowest BCUT2D eigenvalue weighted by Crippen LogP contribution is -2.24. The third-order valence-corrected chi connectivity index (χ3v) is 3.30.